The van der Waals surface area contributed by atoms with E-state index in [4.69, 9.17) is 4.74 Å². The summed E-state index contributed by atoms with van der Waals surface area (Å²) in [6.45, 7) is 10.9. The number of rotatable bonds is 7. The Bertz CT molecular complexity index is 476. The molecule has 4 heteroatoms. The van der Waals surface area contributed by atoms with Crippen molar-refractivity contribution in [3.05, 3.63) is 35.9 Å². The SMILES string of the molecule is CC[C@@H](C(=O)NC[C@@H]1CN(CC(C)C)CCO1)c1ccccc1. The summed E-state index contributed by atoms with van der Waals surface area (Å²) in [5.74, 6) is 0.681. The molecular weight excluding hydrogens is 288 g/mol. The van der Waals surface area contributed by atoms with Crippen molar-refractivity contribution in [2.45, 2.75) is 39.2 Å². The van der Waals surface area contributed by atoms with E-state index in [9.17, 15) is 4.79 Å². The van der Waals surface area contributed by atoms with E-state index in [-0.39, 0.29) is 17.9 Å². The molecule has 0 aliphatic carbocycles. The monoisotopic (exact) mass is 318 g/mol. The van der Waals surface area contributed by atoms with Crippen LogP contribution in [0.25, 0.3) is 0 Å². The number of carbonyl (C=O) groups is 1. The highest BCUT2D eigenvalue weighted by atomic mass is 16.5. The highest BCUT2D eigenvalue weighted by Crippen LogP contribution is 2.19. The van der Waals surface area contributed by atoms with Crippen molar-refractivity contribution in [3.63, 3.8) is 0 Å². The molecule has 1 N–H and O–H groups in total. The van der Waals surface area contributed by atoms with Crippen LogP contribution in [0.2, 0.25) is 0 Å². The van der Waals surface area contributed by atoms with E-state index < -0.39 is 0 Å². The van der Waals surface area contributed by atoms with Gasteiger partial charge in [0.05, 0.1) is 18.6 Å². The molecule has 0 bridgehead atoms. The van der Waals surface area contributed by atoms with Crippen LogP contribution in [0, 0.1) is 5.92 Å². The lowest BCUT2D eigenvalue weighted by Gasteiger charge is -2.34. The third kappa shape index (κ3) is 5.63. The molecule has 1 aliphatic heterocycles. The number of carbonyl (C=O) groups excluding carboxylic acids is 1. The van der Waals surface area contributed by atoms with Crippen LogP contribution in [-0.2, 0) is 9.53 Å². The molecule has 4 nitrogen and oxygen atoms in total. The Kier molecular flexibility index (Phi) is 7.06. The smallest absolute Gasteiger partial charge is 0.227 e. The lowest BCUT2D eigenvalue weighted by Crippen LogP contribution is -2.48. The van der Waals surface area contributed by atoms with Crippen molar-refractivity contribution >= 4 is 5.91 Å². The number of ether oxygens (including phenoxy) is 1. The van der Waals surface area contributed by atoms with Gasteiger partial charge in [-0.15, -0.1) is 0 Å². The first-order valence-corrected chi connectivity index (χ1v) is 8.76. The number of morpholine rings is 1. The summed E-state index contributed by atoms with van der Waals surface area (Å²) < 4.78 is 5.80. The third-order valence-corrected chi connectivity index (χ3v) is 4.28. The van der Waals surface area contributed by atoms with Crippen molar-refractivity contribution < 1.29 is 9.53 Å². The highest BCUT2D eigenvalue weighted by molar-refractivity contribution is 5.83. The molecule has 2 atom stereocenters. The van der Waals surface area contributed by atoms with Gasteiger partial charge in [0.15, 0.2) is 0 Å². The minimum atomic E-state index is -0.0773. The van der Waals surface area contributed by atoms with E-state index >= 15 is 0 Å². The van der Waals surface area contributed by atoms with Crippen LogP contribution >= 0.6 is 0 Å². The molecule has 23 heavy (non-hydrogen) atoms. The Hall–Kier alpha value is -1.39. The Morgan fingerprint density at radius 2 is 2.09 bits per heavy atom. The number of hydrogen-bond acceptors (Lipinski definition) is 3. The standard InChI is InChI=1S/C19H30N2O2/c1-4-18(16-8-6-5-7-9-16)19(22)20-12-17-14-21(10-11-23-17)13-15(2)3/h5-9,15,17-18H,4,10-14H2,1-3H3,(H,20,22)/t17-,18-/m1/s1. The molecular formula is C19H30N2O2. The van der Waals surface area contributed by atoms with Crippen LogP contribution in [0.15, 0.2) is 30.3 Å². The molecule has 1 aliphatic rings. The predicted molar refractivity (Wildman–Crippen MR) is 93.5 cm³/mol. The Morgan fingerprint density at radius 3 is 2.74 bits per heavy atom. The summed E-state index contributed by atoms with van der Waals surface area (Å²) in [5, 5.41) is 3.09. The van der Waals surface area contributed by atoms with Gasteiger partial charge in [-0.25, -0.2) is 0 Å². The van der Waals surface area contributed by atoms with Gasteiger partial charge in [0.1, 0.15) is 0 Å². The van der Waals surface area contributed by atoms with Gasteiger partial charge >= 0.3 is 0 Å². The van der Waals surface area contributed by atoms with Crippen molar-refractivity contribution in [2.75, 3.05) is 32.8 Å². The van der Waals surface area contributed by atoms with Gasteiger partial charge < -0.3 is 10.1 Å². The summed E-state index contributed by atoms with van der Waals surface area (Å²) in [5.41, 5.74) is 1.08. The largest absolute Gasteiger partial charge is 0.374 e. The number of amides is 1. The molecule has 1 fully saturated rings. The van der Waals surface area contributed by atoms with Gasteiger partial charge in [0, 0.05) is 26.2 Å². The van der Waals surface area contributed by atoms with E-state index in [0.29, 0.717) is 12.5 Å². The fourth-order valence-corrected chi connectivity index (χ4v) is 3.18. The Balaban J connectivity index is 1.83. The molecule has 1 amide bonds. The first kappa shape index (κ1) is 18.0. The highest BCUT2D eigenvalue weighted by Gasteiger charge is 2.23. The lowest BCUT2D eigenvalue weighted by molar-refractivity contribution is -0.123. The second-order valence-corrected chi connectivity index (χ2v) is 6.76. The van der Waals surface area contributed by atoms with Crippen LogP contribution in [0.1, 0.15) is 38.7 Å². The number of benzene rings is 1. The maximum absolute atomic E-state index is 12.5. The zero-order valence-electron chi connectivity index (χ0n) is 14.6. The molecule has 1 aromatic carbocycles. The average Bonchev–Trinajstić information content (AvgIpc) is 2.54. The Labute approximate surface area is 140 Å². The Morgan fingerprint density at radius 1 is 1.35 bits per heavy atom. The summed E-state index contributed by atoms with van der Waals surface area (Å²) in [4.78, 5) is 14.9. The topological polar surface area (TPSA) is 41.6 Å². The fraction of sp³-hybridized carbons (Fsp3) is 0.632. The maximum atomic E-state index is 12.5. The predicted octanol–water partition coefficient (Wildman–Crippen LogP) is 2.65. The summed E-state index contributed by atoms with van der Waals surface area (Å²) >= 11 is 0. The van der Waals surface area contributed by atoms with Crippen LogP contribution < -0.4 is 5.32 Å². The van der Waals surface area contributed by atoms with Crippen molar-refractivity contribution in [2.24, 2.45) is 5.92 Å². The molecule has 128 valence electrons. The second kappa shape index (κ2) is 9.04. The van der Waals surface area contributed by atoms with Crippen LogP contribution in [-0.4, -0.2) is 49.7 Å². The number of nitrogens with one attached hydrogen (secondary N) is 1. The van der Waals surface area contributed by atoms with E-state index in [1.807, 2.05) is 30.3 Å². The minimum absolute atomic E-state index is 0.0773. The second-order valence-electron chi connectivity index (χ2n) is 6.76. The quantitative estimate of drug-likeness (QED) is 0.840. The molecule has 1 saturated heterocycles. The van der Waals surface area contributed by atoms with E-state index in [1.54, 1.807) is 0 Å². The summed E-state index contributed by atoms with van der Waals surface area (Å²) in [6.07, 6.45) is 0.903. The van der Waals surface area contributed by atoms with Crippen molar-refractivity contribution in [1.29, 1.82) is 0 Å². The molecule has 2 rings (SSSR count). The van der Waals surface area contributed by atoms with Gasteiger partial charge in [-0.1, -0.05) is 51.1 Å². The first-order chi connectivity index (χ1) is 11.1. The van der Waals surface area contributed by atoms with E-state index in [2.05, 4.69) is 31.0 Å². The van der Waals surface area contributed by atoms with Gasteiger partial charge in [-0.3, -0.25) is 9.69 Å². The third-order valence-electron chi connectivity index (χ3n) is 4.28. The van der Waals surface area contributed by atoms with Gasteiger partial charge in [-0.05, 0) is 17.9 Å². The molecule has 1 aromatic rings. The molecule has 0 saturated carbocycles. The lowest BCUT2D eigenvalue weighted by atomic mass is 9.95. The first-order valence-electron chi connectivity index (χ1n) is 8.76. The minimum Gasteiger partial charge on any atom is -0.374 e. The zero-order chi connectivity index (χ0) is 16.7. The molecule has 0 spiro atoms. The van der Waals surface area contributed by atoms with E-state index in [0.717, 1.165) is 38.2 Å². The summed E-state index contributed by atoms with van der Waals surface area (Å²) in [6, 6.07) is 10.00. The summed E-state index contributed by atoms with van der Waals surface area (Å²) in [7, 11) is 0. The normalized spacial score (nSPS) is 20.4. The van der Waals surface area contributed by atoms with Crippen molar-refractivity contribution in [3.8, 4) is 0 Å². The van der Waals surface area contributed by atoms with Gasteiger partial charge in [0.2, 0.25) is 5.91 Å². The van der Waals surface area contributed by atoms with Crippen molar-refractivity contribution in [1.82, 2.24) is 10.2 Å². The number of hydrogen-bond donors (Lipinski definition) is 1. The maximum Gasteiger partial charge on any atom is 0.227 e. The molecule has 1 heterocycles. The molecule has 0 unspecified atom stereocenters. The van der Waals surface area contributed by atoms with Gasteiger partial charge in [-0.2, -0.15) is 0 Å². The van der Waals surface area contributed by atoms with E-state index in [1.165, 1.54) is 0 Å². The van der Waals surface area contributed by atoms with Crippen LogP contribution in [0.3, 0.4) is 0 Å². The van der Waals surface area contributed by atoms with Crippen LogP contribution in [0.4, 0.5) is 0 Å². The molecule has 0 aromatic heterocycles. The molecule has 0 radical (unpaired) electrons. The fourth-order valence-electron chi connectivity index (χ4n) is 3.18. The van der Waals surface area contributed by atoms with Crippen LogP contribution in [0.5, 0.6) is 0 Å². The zero-order valence-corrected chi connectivity index (χ0v) is 14.6. The van der Waals surface area contributed by atoms with Gasteiger partial charge in [0.25, 0.3) is 0 Å². The average molecular weight is 318 g/mol. The number of nitrogens with zero attached hydrogens (tertiary/aromatic N) is 1.